The molecule has 0 spiro atoms. The Morgan fingerprint density at radius 1 is 1.47 bits per heavy atom. The van der Waals surface area contributed by atoms with Crippen molar-refractivity contribution in [3.8, 4) is 0 Å². The van der Waals surface area contributed by atoms with Crippen molar-refractivity contribution < 1.29 is 14.6 Å². The topological polar surface area (TPSA) is 46.5 Å². The lowest BCUT2D eigenvalue weighted by atomic mass is 9.96. The maximum absolute atomic E-state index is 11.5. The number of esters is 1. The van der Waals surface area contributed by atoms with Crippen molar-refractivity contribution in [1.82, 2.24) is 0 Å². The summed E-state index contributed by atoms with van der Waals surface area (Å²) < 4.78 is 5.01. The summed E-state index contributed by atoms with van der Waals surface area (Å²) in [5, 5.41) is 9.88. The van der Waals surface area contributed by atoms with Crippen LogP contribution in [0, 0.1) is 0 Å². The van der Waals surface area contributed by atoms with Gasteiger partial charge in [-0.2, -0.15) is 0 Å². The molecular formula is C12H18O3. The zero-order chi connectivity index (χ0) is 11.1. The summed E-state index contributed by atoms with van der Waals surface area (Å²) in [6, 6.07) is 0. The second-order valence-corrected chi connectivity index (χ2v) is 3.76. The lowest BCUT2D eigenvalue weighted by molar-refractivity contribution is -0.160. The van der Waals surface area contributed by atoms with Crippen LogP contribution in [-0.4, -0.2) is 23.3 Å². The molecule has 3 nitrogen and oxygen atoms in total. The molecule has 0 aromatic carbocycles. The van der Waals surface area contributed by atoms with E-state index >= 15 is 0 Å². The van der Waals surface area contributed by atoms with Crippen molar-refractivity contribution in [3.63, 3.8) is 0 Å². The number of ether oxygens (including phenoxy) is 1. The van der Waals surface area contributed by atoms with Crippen molar-refractivity contribution in [3.05, 3.63) is 24.3 Å². The first kappa shape index (κ1) is 12.0. The number of carbonyl (C=O) groups is 1. The average Bonchev–Trinajstić information content (AvgIpc) is 2.25. The number of hydrogen-bond acceptors (Lipinski definition) is 3. The fourth-order valence-electron chi connectivity index (χ4n) is 1.40. The molecule has 1 atom stereocenters. The minimum atomic E-state index is -1.44. The fraction of sp³-hybridized carbons (Fsp3) is 0.583. The molecular weight excluding hydrogens is 192 g/mol. The largest absolute Gasteiger partial charge is 0.463 e. The molecule has 0 fully saturated rings. The molecule has 0 amide bonds. The Morgan fingerprint density at radius 2 is 2.27 bits per heavy atom. The molecule has 1 rings (SSSR count). The molecule has 1 N–H and O–H groups in total. The highest BCUT2D eigenvalue weighted by molar-refractivity contribution is 5.82. The summed E-state index contributed by atoms with van der Waals surface area (Å²) in [5.41, 5.74) is -1.44. The Hall–Kier alpha value is -1.09. The van der Waals surface area contributed by atoms with Crippen molar-refractivity contribution in [2.45, 2.75) is 38.2 Å². The summed E-state index contributed by atoms with van der Waals surface area (Å²) in [6.45, 7) is 2.48. The third-order valence-corrected chi connectivity index (χ3v) is 2.38. The van der Waals surface area contributed by atoms with Gasteiger partial charge in [-0.05, 0) is 12.5 Å². The monoisotopic (exact) mass is 210 g/mol. The van der Waals surface area contributed by atoms with Crippen LogP contribution in [0.5, 0.6) is 0 Å². The fourth-order valence-corrected chi connectivity index (χ4v) is 1.40. The number of aliphatic hydroxyl groups is 1. The van der Waals surface area contributed by atoms with E-state index < -0.39 is 11.6 Å². The second-order valence-electron chi connectivity index (χ2n) is 3.76. The number of allylic oxidation sites excluding steroid dienone is 2. The quantitative estimate of drug-likeness (QED) is 0.557. The minimum Gasteiger partial charge on any atom is -0.463 e. The molecule has 84 valence electrons. The molecule has 0 saturated carbocycles. The lowest BCUT2D eigenvalue weighted by Crippen LogP contribution is -2.38. The van der Waals surface area contributed by atoms with Crippen LogP contribution in [0.4, 0.5) is 0 Å². The van der Waals surface area contributed by atoms with E-state index in [-0.39, 0.29) is 0 Å². The van der Waals surface area contributed by atoms with E-state index in [1.54, 1.807) is 18.2 Å². The first-order chi connectivity index (χ1) is 7.19. The molecule has 0 radical (unpaired) electrons. The minimum absolute atomic E-state index is 0.302. The molecule has 1 aliphatic rings. The molecule has 0 saturated heterocycles. The molecule has 0 aromatic rings. The Bertz CT molecular complexity index is 268. The number of carbonyl (C=O) groups excluding carboxylic acids is 1. The summed E-state index contributed by atoms with van der Waals surface area (Å²) >= 11 is 0. The van der Waals surface area contributed by atoms with Crippen LogP contribution < -0.4 is 0 Å². The third-order valence-electron chi connectivity index (χ3n) is 2.38. The summed E-state index contributed by atoms with van der Waals surface area (Å²) in [7, 11) is 0. The smallest absolute Gasteiger partial charge is 0.342 e. The maximum Gasteiger partial charge on any atom is 0.342 e. The number of rotatable bonds is 5. The standard InChI is InChI=1S/C12H18O3/c1-2-3-7-10-15-11(13)12(14)8-5-4-6-9-12/h4-6,8,14H,2-3,7,9-10H2,1H3. The normalized spacial score (nSPS) is 24.1. The van der Waals surface area contributed by atoms with Gasteiger partial charge in [-0.15, -0.1) is 0 Å². The summed E-state index contributed by atoms with van der Waals surface area (Å²) in [4.78, 5) is 11.5. The van der Waals surface area contributed by atoms with Gasteiger partial charge in [-0.3, -0.25) is 0 Å². The third kappa shape index (κ3) is 3.51. The summed E-state index contributed by atoms with van der Waals surface area (Å²) in [6.07, 6.45) is 10.00. The summed E-state index contributed by atoms with van der Waals surface area (Å²) in [5.74, 6) is -0.542. The van der Waals surface area contributed by atoms with Crippen molar-refractivity contribution in [1.29, 1.82) is 0 Å². The number of unbranched alkanes of at least 4 members (excludes halogenated alkanes) is 2. The van der Waals surface area contributed by atoms with E-state index in [0.29, 0.717) is 13.0 Å². The molecule has 0 bridgehead atoms. The Balaban J connectivity index is 2.33. The predicted molar refractivity (Wildman–Crippen MR) is 58.3 cm³/mol. The van der Waals surface area contributed by atoms with Crippen LogP contribution >= 0.6 is 0 Å². The SMILES string of the molecule is CCCCCOC(=O)C1(O)C=CC=CC1. The number of hydrogen-bond donors (Lipinski definition) is 1. The van der Waals surface area contributed by atoms with Gasteiger partial charge in [0.2, 0.25) is 0 Å². The van der Waals surface area contributed by atoms with Crippen molar-refractivity contribution in [2.75, 3.05) is 6.61 Å². The van der Waals surface area contributed by atoms with Gasteiger partial charge < -0.3 is 9.84 Å². The highest BCUT2D eigenvalue weighted by Crippen LogP contribution is 2.19. The molecule has 3 heteroatoms. The van der Waals surface area contributed by atoms with Crippen LogP contribution in [0.15, 0.2) is 24.3 Å². The highest BCUT2D eigenvalue weighted by atomic mass is 16.5. The van der Waals surface area contributed by atoms with Gasteiger partial charge in [0.25, 0.3) is 0 Å². The first-order valence-electron chi connectivity index (χ1n) is 5.43. The van der Waals surface area contributed by atoms with Crippen LogP contribution in [0.3, 0.4) is 0 Å². The Kier molecular flexibility index (Phi) is 4.56. The van der Waals surface area contributed by atoms with Crippen molar-refractivity contribution >= 4 is 5.97 Å². The molecule has 0 aromatic heterocycles. The molecule has 1 unspecified atom stereocenters. The van der Waals surface area contributed by atoms with Crippen LogP contribution in [0.1, 0.15) is 32.6 Å². The van der Waals surface area contributed by atoms with Gasteiger partial charge in [0.15, 0.2) is 5.60 Å². The van der Waals surface area contributed by atoms with Gasteiger partial charge in [-0.25, -0.2) is 4.79 Å². The van der Waals surface area contributed by atoms with Crippen LogP contribution in [0.25, 0.3) is 0 Å². The van der Waals surface area contributed by atoms with Gasteiger partial charge >= 0.3 is 5.97 Å². The predicted octanol–water partition coefficient (Wildman–Crippen LogP) is 1.97. The van der Waals surface area contributed by atoms with Crippen LogP contribution in [0.2, 0.25) is 0 Å². The van der Waals surface area contributed by atoms with E-state index in [2.05, 4.69) is 6.92 Å². The highest BCUT2D eigenvalue weighted by Gasteiger charge is 2.34. The Morgan fingerprint density at radius 3 is 2.87 bits per heavy atom. The average molecular weight is 210 g/mol. The van der Waals surface area contributed by atoms with Gasteiger partial charge in [0, 0.05) is 6.42 Å². The molecule has 0 heterocycles. The van der Waals surface area contributed by atoms with E-state index in [1.165, 1.54) is 6.08 Å². The zero-order valence-electron chi connectivity index (χ0n) is 9.11. The van der Waals surface area contributed by atoms with Gasteiger partial charge in [0.05, 0.1) is 6.61 Å². The van der Waals surface area contributed by atoms with E-state index in [0.717, 1.165) is 19.3 Å². The Labute approximate surface area is 90.4 Å². The van der Waals surface area contributed by atoms with Crippen molar-refractivity contribution in [2.24, 2.45) is 0 Å². The van der Waals surface area contributed by atoms with E-state index in [4.69, 9.17) is 4.74 Å². The first-order valence-corrected chi connectivity index (χ1v) is 5.43. The zero-order valence-corrected chi connectivity index (χ0v) is 9.11. The lowest BCUT2D eigenvalue weighted by Gasteiger charge is -2.22. The van der Waals surface area contributed by atoms with Gasteiger partial charge in [0.1, 0.15) is 0 Å². The molecule has 15 heavy (non-hydrogen) atoms. The van der Waals surface area contributed by atoms with Gasteiger partial charge in [-0.1, -0.05) is 38.0 Å². The maximum atomic E-state index is 11.5. The molecule has 1 aliphatic carbocycles. The second kappa shape index (κ2) is 5.71. The van der Waals surface area contributed by atoms with E-state index in [9.17, 15) is 9.90 Å². The molecule has 0 aliphatic heterocycles. The van der Waals surface area contributed by atoms with E-state index in [1.807, 2.05) is 0 Å². The van der Waals surface area contributed by atoms with Crippen LogP contribution in [-0.2, 0) is 9.53 Å².